The summed E-state index contributed by atoms with van der Waals surface area (Å²) in [5.41, 5.74) is 0.0528. The van der Waals surface area contributed by atoms with Crippen LogP contribution in [0.3, 0.4) is 0 Å². The minimum atomic E-state index is -0.705. The molecule has 0 unspecified atom stereocenters. The second-order valence-corrected chi connectivity index (χ2v) is 2.50. The van der Waals surface area contributed by atoms with Crippen LogP contribution in [-0.2, 0) is 0 Å². The topological polar surface area (TPSA) is 104 Å². The zero-order valence-corrected chi connectivity index (χ0v) is 6.91. The largest absolute Gasteiger partial charge is 0.507 e. The third kappa shape index (κ3) is 2.13. The highest BCUT2D eigenvalue weighted by atomic mass is 16.6. The molecule has 0 saturated heterocycles. The summed E-state index contributed by atoms with van der Waals surface area (Å²) in [6.07, 6.45) is 1.63. The molecule has 14 heavy (non-hydrogen) atoms. The smallest absolute Gasteiger partial charge is 0.235 e. The first-order chi connectivity index (χ1) is 6.50. The quantitative estimate of drug-likeness (QED) is 0.284. The van der Waals surface area contributed by atoms with E-state index in [-0.39, 0.29) is 11.3 Å². The third-order valence-corrected chi connectivity index (χ3v) is 1.50. The number of hydrogen-bond acceptors (Lipinski definition) is 5. The average Bonchev–Trinajstić information content (AvgIpc) is 2.09. The van der Waals surface area contributed by atoms with Gasteiger partial charge in [0.1, 0.15) is 5.75 Å². The van der Waals surface area contributed by atoms with Gasteiger partial charge in [-0.3, -0.25) is 10.1 Å². The molecule has 1 aromatic carbocycles. The van der Waals surface area contributed by atoms with E-state index in [1.807, 2.05) is 0 Å². The molecule has 1 aromatic rings. The number of phenolic OH excluding ortho intramolecular Hbond substituents is 3. The van der Waals surface area contributed by atoms with Crippen LogP contribution in [0.2, 0.25) is 0 Å². The van der Waals surface area contributed by atoms with Crippen molar-refractivity contribution >= 4 is 6.08 Å². The van der Waals surface area contributed by atoms with Crippen molar-refractivity contribution in [3.63, 3.8) is 0 Å². The van der Waals surface area contributed by atoms with Crippen LogP contribution in [-0.4, -0.2) is 20.2 Å². The Morgan fingerprint density at radius 3 is 2.29 bits per heavy atom. The highest BCUT2D eigenvalue weighted by Gasteiger charge is 2.05. The molecule has 3 N–H and O–H groups in total. The fraction of sp³-hybridized carbons (Fsp3) is 0. The predicted molar refractivity (Wildman–Crippen MR) is 47.5 cm³/mol. The van der Waals surface area contributed by atoms with Gasteiger partial charge < -0.3 is 15.3 Å². The van der Waals surface area contributed by atoms with Gasteiger partial charge in [-0.2, -0.15) is 0 Å². The summed E-state index contributed by atoms with van der Waals surface area (Å²) in [5.74, 6) is -1.29. The number of nitrogens with zero attached hydrogens (tertiary/aromatic N) is 1. The Bertz CT molecular complexity index is 399. The lowest BCUT2D eigenvalue weighted by Crippen LogP contribution is -1.83. The summed E-state index contributed by atoms with van der Waals surface area (Å²) >= 11 is 0. The molecule has 0 fully saturated rings. The van der Waals surface area contributed by atoms with Gasteiger partial charge in [-0.1, -0.05) is 0 Å². The predicted octanol–water partition coefficient (Wildman–Crippen LogP) is 1.05. The van der Waals surface area contributed by atoms with E-state index in [0.717, 1.165) is 18.2 Å². The SMILES string of the molecule is O=[N+]([O-])C=Cc1cc(O)c(O)cc1O. The Hall–Kier alpha value is -2.24. The Morgan fingerprint density at radius 1 is 1.14 bits per heavy atom. The van der Waals surface area contributed by atoms with E-state index in [1.165, 1.54) is 0 Å². The summed E-state index contributed by atoms with van der Waals surface area (Å²) < 4.78 is 0. The molecular formula is C8H7NO5. The highest BCUT2D eigenvalue weighted by Crippen LogP contribution is 2.32. The van der Waals surface area contributed by atoms with Gasteiger partial charge in [0.05, 0.1) is 4.92 Å². The summed E-state index contributed by atoms with van der Waals surface area (Å²) in [5, 5.41) is 37.1. The minimum Gasteiger partial charge on any atom is -0.507 e. The zero-order chi connectivity index (χ0) is 10.7. The lowest BCUT2D eigenvalue weighted by atomic mass is 10.2. The van der Waals surface area contributed by atoms with Gasteiger partial charge in [0.15, 0.2) is 11.5 Å². The maximum absolute atomic E-state index is 9.96. The minimum absolute atomic E-state index is 0.0528. The van der Waals surface area contributed by atoms with Crippen LogP contribution in [0.1, 0.15) is 5.56 Å². The maximum atomic E-state index is 9.96. The van der Waals surface area contributed by atoms with Crippen LogP contribution in [0, 0.1) is 10.1 Å². The van der Waals surface area contributed by atoms with Crippen molar-refractivity contribution in [1.29, 1.82) is 0 Å². The first-order valence-electron chi connectivity index (χ1n) is 3.57. The van der Waals surface area contributed by atoms with Crippen molar-refractivity contribution < 1.29 is 20.2 Å². The lowest BCUT2D eigenvalue weighted by Gasteiger charge is -2.01. The van der Waals surface area contributed by atoms with E-state index in [0.29, 0.717) is 6.20 Å². The molecule has 6 heteroatoms. The van der Waals surface area contributed by atoms with E-state index in [2.05, 4.69) is 0 Å². The van der Waals surface area contributed by atoms with Crippen molar-refractivity contribution in [1.82, 2.24) is 0 Å². The first-order valence-corrected chi connectivity index (χ1v) is 3.57. The van der Waals surface area contributed by atoms with Crippen LogP contribution >= 0.6 is 0 Å². The second-order valence-electron chi connectivity index (χ2n) is 2.50. The summed E-state index contributed by atoms with van der Waals surface area (Å²) in [7, 11) is 0. The summed E-state index contributed by atoms with van der Waals surface area (Å²) in [6, 6.07) is 1.92. The van der Waals surface area contributed by atoms with Gasteiger partial charge in [0, 0.05) is 17.7 Å². The number of nitro groups is 1. The molecule has 0 atom stereocenters. The van der Waals surface area contributed by atoms with E-state index in [1.54, 1.807) is 0 Å². The molecule has 0 aliphatic rings. The molecule has 0 bridgehead atoms. The Labute approximate surface area is 78.5 Å². The Balaban J connectivity index is 3.10. The maximum Gasteiger partial charge on any atom is 0.235 e. The van der Waals surface area contributed by atoms with Crippen LogP contribution in [0.4, 0.5) is 0 Å². The molecule has 1 rings (SSSR count). The molecule has 0 radical (unpaired) electrons. The van der Waals surface area contributed by atoms with E-state index < -0.39 is 16.4 Å². The number of aromatic hydroxyl groups is 3. The van der Waals surface area contributed by atoms with Crippen molar-refractivity contribution in [2.24, 2.45) is 0 Å². The number of benzene rings is 1. The summed E-state index contributed by atoms with van der Waals surface area (Å²) in [4.78, 5) is 9.26. The molecule has 0 amide bonds. The van der Waals surface area contributed by atoms with Gasteiger partial charge in [-0.15, -0.1) is 0 Å². The fourth-order valence-electron chi connectivity index (χ4n) is 0.857. The molecular weight excluding hydrogens is 190 g/mol. The third-order valence-electron chi connectivity index (χ3n) is 1.50. The van der Waals surface area contributed by atoms with Gasteiger partial charge in [0.2, 0.25) is 6.20 Å². The van der Waals surface area contributed by atoms with Crippen LogP contribution in [0.25, 0.3) is 6.08 Å². The molecule has 0 aliphatic heterocycles. The molecule has 74 valence electrons. The highest BCUT2D eigenvalue weighted by molar-refractivity contribution is 5.61. The van der Waals surface area contributed by atoms with E-state index in [9.17, 15) is 15.2 Å². The number of rotatable bonds is 2. The molecule has 0 aliphatic carbocycles. The number of phenols is 3. The van der Waals surface area contributed by atoms with Crippen molar-refractivity contribution in [3.05, 3.63) is 34.0 Å². The first kappa shape index (κ1) is 9.85. The van der Waals surface area contributed by atoms with Crippen molar-refractivity contribution in [2.75, 3.05) is 0 Å². The molecule has 0 aromatic heterocycles. The van der Waals surface area contributed by atoms with Gasteiger partial charge in [-0.05, 0) is 6.07 Å². The van der Waals surface area contributed by atoms with Crippen molar-refractivity contribution in [3.8, 4) is 17.2 Å². The monoisotopic (exact) mass is 197 g/mol. The average molecular weight is 197 g/mol. The fourth-order valence-corrected chi connectivity index (χ4v) is 0.857. The lowest BCUT2D eigenvalue weighted by molar-refractivity contribution is -0.400. The molecule has 0 spiro atoms. The standard InChI is InChI=1S/C8H7NO5/c10-6-4-8(12)7(11)3-5(6)1-2-9(13)14/h1-4,10-12H. The zero-order valence-electron chi connectivity index (χ0n) is 6.91. The Kier molecular flexibility index (Phi) is 2.57. The molecule has 0 heterocycles. The van der Waals surface area contributed by atoms with Gasteiger partial charge in [0.25, 0.3) is 0 Å². The normalized spacial score (nSPS) is 10.6. The van der Waals surface area contributed by atoms with E-state index in [4.69, 9.17) is 10.2 Å². The van der Waals surface area contributed by atoms with E-state index >= 15 is 0 Å². The van der Waals surface area contributed by atoms with Crippen LogP contribution in [0.5, 0.6) is 17.2 Å². The van der Waals surface area contributed by atoms with Gasteiger partial charge in [-0.25, -0.2) is 0 Å². The Morgan fingerprint density at radius 2 is 1.71 bits per heavy atom. The molecule has 0 saturated carbocycles. The van der Waals surface area contributed by atoms with Gasteiger partial charge >= 0.3 is 0 Å². The summed E-state index contributed by atoms with van der Waals surface area (Å²) in [6.45, 7) is 0. The van der Waals surface area contributed by atoms with Crippen molar-refractivity contribution in [2.45, 2.75) is 0 Å². The molecule has 6 nitrogen and oxygen atoms in total. The number of hydrogen-bond donors (Lipinski definition) is 3. The second kappa shape index (κ2) is 3.65. The van der Waals surface area contributed by atoms with Crippen LogP contribution in [0.15, 0.2) is 18.3 Å². The van der Waals surface area contributed by atoms with Crippen LogP contribution < -0.4 is 0 Å².